The second-order valence-electron chi connectivity index (χ2n) is 20.7. The number of rotatable bonds is 4. The van der Waals surface area contributed by atoms with E-state index in [-0.39, 0.29) is 0 Å². The molecule has 2 aliphatic rings. The zero-order valence-electron chi connectivity index (χ0n) is 40.0. The third-order valence-corrected chi connectivity index (χ3v) is 17.5. The van der Waals surface area contributed by atoms with Gasteiger partial charge in [-0.1, -0.05) is 200 Å². The zero-order valence-corrected chi connectivity index (χ0v) is 40.0. The lowest BCUT2D eigenvalue weighted by molar-refractivity contribution is 0.436. The van der Waals surface area contributed by atoms with E-state index in [0.717, 1.165) is 88.1 Å². The Morgan fingerprint density at radius 3 is 1.01 bits per heavy atom. The van der Waals surface area contributed by atoms with E-state index in [0.29, 0.717) is 0 Å². The number of aryl methyl sites for hydroxylation is 1. The van der Waals surface area contributed by atoms with E-state index in [1.165, 1.54) is 76.8 Å². The van der Waals surface area contributed by atoms with Crippen LogP contribution in [0.3, 0.4) is 0 Å². The van der Waals surface area contributed by atoms with Crippen molar-refractivity contribution in [3.8, 4) is 33.4 Å². The molecule has 340 valence electrons. The molecule has 0 radical (unpaired) electrons. The first-order valence-electron chi connectivity index (χ1n) is 25.4. The molecule has 0 N–H and O–H groups in total. The molecule has 0 saturated carbocycles. The highest BCUT2D eigenvalue weighted by molar-refractivity contribution is 6.19. The molecule has 0 atom stereocenters. The van der Waals surface area contributed by atoms with E-state index in [4.69, 9.17) is 13.3 Å². The highest BCUT2D eigenvalue weighted by atomic mass is 16.3. The molecule has 73 heavy (non-hydrogen) atoms. The van der Waals surface area contributed by atoms with Crippen molar-refractivity contribution in [1.29, 1.82) is 0 Å². The summed E-state index contributed by atoms with van der Waals surface area (Å²) in [5.74, 6) is 0. The average Bonchev–Trinajstić information content (AvgIpc) is 4.23. The van der Waals surface area contributed by atoms with Gasteiger partial charge in [0.05, 0.1) is 5.41 Å². The van der Waals surface area contributed by atoms with Gasteiger partial charge in [-0.3, -0.25) is 0 Å². The fraction of sp³-hybridized carbons (Fsp3) is 0.0571. The zero-order chi connectivity index (χ0) is 47.9. The largest absolute Gasteiger partial charge is 0.455 e. The predicted octanol–water partition coefficient (Wildman–Crippen LogP) is 19.1. The van der Waals surface area contributed by atoms with Gasteiger partial charge >= 0.3 is 0 Å². The fourth-order valence-electron chi connectivity index (χ4n) is 14.5. The molecule has 0 fully saturated rings. The van der Waals surface area contributed by atoms with Gasteiger partial charge in [0.2, 0.25) is 0 Å². The minimum absolute atomic E-state index is 0.542. The first-order chi connectivity index (χ1) is 36.0. The van der Waals surface area contributed by atoms with Gasteiger partial charge in [0.15, 0.2) is 0 Å². The molecular formula is C70H42O3. The molecule has 0 aliphatic heterocycles. The summed E-state index contributed by atoms with van der Waals surface area (Å²) >= 11 is 0. The molecule has 17 rings (SSSR count). The van der Waals surface area contributed by atoms with Crippen molar-refractivity contribution in [3.63, 3.8) is 0 Å². The van der Waals surface area contributed by atoms with Crippen LogP contribution in [0.2, 0.25) is 0 Å². The molecule has 0 unspecified atom stereocenters. The van der Waals surface area contributed by atoms with E-state index < -0.39 is 10.8 Å². The Morgan fingerprint density at radius 2 is 0.589 bits per heavy atom. The smallest absolute Gasteiger partial charge is 0.143 e. The minimum Gasteiger partial charge on any atom is -0.455 e. The predicted molar refractivity (Wildman–Crippen MR) is 301 cm³/mol. The van der Waals surface area contributed by atoms with Gasteiger partial charge in [0.1, 0.15) is 33.5 Å². The summed E-state index contributed by atoms with van der Waals surface area (Å²) in [6, 6.07) is 80.6. The summed E-state index contributed by atoms with van der Waals surface area (Å²) in [5.41, 5.74) is 18.9. The van der Waals surface area contributed by atoms with Gasteiger partial charge in [-0.15, -0.1) is 0 Å². The minimum atomic E-state index is -0.654. The van der Waals surface area contributed by atoms with Crippen LogP contribution < -0.4 is 0 Å². The summed E-state index contributed by atoms with van der Waals surface area (Å²) in [6.45, 7) is 4.85. The van der Waals surface area contributed by atoms with Crippen LogP contribution in [0.4, 0.5) is 0 Å². The average molecular weight is 931 g/mol. The van der Waals surface area contributed by atoms with E-state index >= 15 is 0 Å². The summed E-state index contributed by atoms with van der Waals surface area (Å²) in [6.07, 6.45) is 0. The number of furan rings is 3. The molecule has 3 heterocycles. The lowest BCUT2D eigenvalue weighted by Crippen LogP contribution is -2.43. The molecule has 3 heteroatoms. The Hall–Kier alpha value is -9.18. The monoisotopic (exact) mass is 930 g/mol. The van der Waals surface area contributed by atoms with Crippen LogP contribution in [-0.2, 0) is 10.8 Å². The Morgan fingerprint density at radius 1 is 0.260 bits per heavy atom. The van der Waals surface area contributed by atoms with Crippen molar-refractivity contribution in [1.82, 2.24) is 0 Å². The maximum Gasteiger partial charge on any atom is 0.143 e. The number of hydrogen-bond donors (Lipinski definition) is 0. The molecule has 0 amide bonds. The van der Waals surface area contributed by atoms with Crippen LogP contribution >= 0.6 is 0 Å². The maximum atomic E-state index is 6.76. The molecule has 15 aromatic rings. The maximum absolute atomic E-state index is 6.76. The number of para-hydroxylation sites is 6. The van der Waals surface area contributed by atoms with E-state index in [9.17, 15) is 0 Å². The van der Waals surface area contributed by atoms with Crippen molar-refractivity contribution >= 4 is 98.1 Å². The van der Waals surface area contributed by atoms with E-state index in [1.54, 1.807) is 0 Å². The summed E-state index contributed by atoms with van der Waals surface area (Å²) in [4.78, 5) is 0. The molecule has 3 aromatic heterocycles. The van der Waals surface area contributed by atoms with Gasteiger partial charge in [-0.25, -0.2) is 0 Å². The quantitative estimate of drug-likeness (QED) is 0.177. The molecule has 2 aliphatic carbocycles. The topological polar surface area (TPSA) is 39.4 Å². The van der Waals surface area contributed by atoms with Gasteiger partial charge < -0.3 is 13.3 Å². The van der Waals surface area contributed by atoms with Gasteiger partial charge in [-0.2, -0.15) is 0 Å². The fourth-order valence-corrected chi connectivity index (χ4v) is 14.5. The van der Waals surface area contributed by atoms with Crippen molar-refractivity contribution in [2.45, 2.75) is 24.7 Å². The molecule has 3 nitrogen and oxygen atoms in total. The Labute approximate surface area is 419 Å². The molecule has 0 spiro atoms. The molecule has 12 aromatic carbocycles. The third kappa shape index (κ3) is 4.72. The number of benzene rings is 12. The van der Waals surface area contributed by atoms with Gasteiger partial charge in [0, 0.05) is 54.4 Å². The summed E-state index contributed by atoms with van der Waals surface area (Å²) in [5, 5.41) is 14.4. The Bertz CT molecular complexity index is 4750. The number of fused-ring (bicyclic) bond motifs is 15. The van der Waals surface area contributed by atoms with Gasteiger partial charge in [0.25, 0.3) is 0 Å². The first kappa shape index (κ1) is 39.5. The highest BCUT2D eigenvalue weighted by Crippen LogP contribution is 2.71. The summed E-state index contributed by atoms with van der Waals surface area (Å²) < 4.78 is 20.3. The van der Waals surface area contributed by atoms with Crippen molar-refractivity contribution in [2.75, 3.05) is 0 Å². The lowest BCUT2D eigenvalue weighted by atomic mass is 9.57. The van der Waals surface area contributed by atoms with Crippen molar-refractivity contribution < 1.29 is 13.3 Å². The van der Waals surface area contributed by atoms with Crippen LogP contribution in [0.1, 0.15) is 40.3 Å². The van der Waals surface area contributed by atoms with Crippen molar-refractivity contribution in [3.05, 3.63) is 252 Å². The standard InChI is InChI=1S/C70H42O3/c1-39-15-9-19-46-40(49-22-10-25-52-43-16-3-6-30-60(43)71-66(49)52)33-36-57(63(39)46)70-58-37-34-41(50-23-11-26-53-44-17-4-7-31-61(44)72-67(50)53)47-20-13-28-55(64(47)58)69(70,2)56-29-14-21-48-42(35-38-59(70)65(48)56)51-24-12-27-54-45-18-5-8-32-62(45)73-68(51)54/h3-38H,1-2H3. The van der Waals surface area contributed by atoms with Crippen LogP contribution in [-0.4, -0.2) is 0 Å². The Balaban J connectivity index is 0.994. The van der Waals surface area contributed by atoms with Crippen LogP contribution in [0.25, 0.3) is 132 Å². The van der Waals surface area contributed by atoms with Crippen LogP contribution in [0.15, 0.2) is 232 Å². The van der Waals surface area contributed by atoms with Gasteiger partial charge in [-0.05, 0) is 114 Å². The Kier molecular flexibility index (Phi) is 7.48. The van der Waals surface area contributed by atoms with E-state index in [2.05, 4.69) is 232 Å². The molecule has 0 saturated heterocycles. The van der Waals surface area contributed by atoms with Crippen LogP contribution in [0, 0.1) is 6.92 Å². The second-order valence-corrected chi connectivity index (χ2v) is 20.7. The SMILES string of the molecule is Cc1cccc2c(-c3cccc4c3oc3ccccc34)ccc(C34c5ccc(-c6cccc7c6oc6ccccc67)c6cccc(c56)C3(C)c3cccc5c(-c6cccc7c6oc6ccccc67)ccc4c35)c12. The first-order valence-corrected chi connectivity index (χ1v) is 25.4. The van der Waals surface area contributed by atoms with Crippen LogP contribution in [0.5, 0.6) is 0 Å². The molecule has 0 bridgehead atoms. The van der Waals surface area contributed by atoms with E-state index in [1.807, 2.05) is 0 Å². The third-order valence-electron chi connectivity index (χ3n) is 17.5. The summed E-state index contributed by atoms with van der Waals surface area (Å²) in [7, 11) is 0. The second kappa shape index (κ2) is 13.8. The van der Waals surface area contributed by atoms with Crippen molar-refractivity contribution in [2.24, 2.45) is 0 Å². The lowest BCUT2D eigenvalue weighted by Gasteiger charge is -2.43. The highest BCUT2D eigenvalue weighted by Gasteiger charge is 2.64. The molecular weight excluding hydrogens is 889 g/mol. The number of hydrogen-bond acceptors (Lipinski definition) is 3. The normalized spacial score (nSPS) is 17.0.